The Hall–Kier alpha value is -3.20. The van der Waals surface area contributed by atoms with Gasteiger partial charge in [-0.1, -0.05) is 24.3 Å². The molecule has 1 aliphatic rings. The summed E-state index contributed by atoms with van der Waals surface area (Å²) < 4.78 is 30.3. The molecule has 1 saturated heterocycles. The van der Waals surface area contributed by atoms with E-state index in [0.29, 0.717) is 43.2 Å². The third-order valence-corrected chi connectivity index (χ3v) is 6.62. The molecule has 3 heterocycles. The monoisotopic (exact) mass is 440 g/mol. The molecule has 0 saturated carbocycles. The molecular weight excluding hydrogens is 416 g/mol. The fourth-order valence-electron chi connectivity index (χ4n) is 3.51. The molecule has 0 bridgehead atoms. The zero-order valence-corrected chi connectivity index (χ0v) is 18.2. The molecule has 0 unspecified atom stereocenters. The second-order valence-electron chi connectivity index (χ2n) is 7.58. The van der Waals surface area contributed by atoms with Crippen LogP contribution < -0.4 is 9.04 Å². The lowest BCUT2D eigenvalue weighted by Crippen LogP contribution is -2.42. The SMILES string of the molecule is CN(c1ccc(OC2CCN(C(=O)c3ccc4ccccc4n3)CC2)nc1)S(C)(=O)=O. The molecule has 3 aromatic rings. The average molecular weight is 441 g/mol. The van der Waals surface area contributed by atoms with Gasteiger partial charge in [0.2, 0.25) is 15.9 Å². The van der Waals surface area contributed by atoms with Gasteiger partial charge in [-0.05, 0) is 18.2 Å². The van der Waals surface area contributed by atoms with Crippen LogP contribution in [0.15, 0.2) is 54.7 Å². The van der Waals surface area contributed by atoms with Gasteiger partial charge in [0.05, 0.1) is 23.7 Å². The molecule has 2 aromatic heterocycles. The first-order valence-electron chi connectivity index (χ1n) is 10.0. The van der Waals surface area contributed by atoms with Gasteiger partial charge in [-0.15, -0.1) is 0 Å². The molecule has 0 radical (unpaired) electrons. The Bertz CT molecular complexity index is 1190. The number of hydrogen-bond acceptors (Lipinski definition) is 6. The number of nitrogens with zero attached hydrogens (tertiary/aromatic N) is 4. The first-order chi connectivity index (χ1) is 14.8. The molecule has 162 valence electrons. The number of aromatic nitrogens is 2. The van der Waals surface area contributed by atoms with Crippen LogP contribution in [0.2, 0.25) is 0 Å². The number of ether oxygens (including phenoxy) is 1. The predicted molar refractivity (Wildman–Crippen MR) is 119 cm³/mol. The number of piperidine rings is 1. The van der Waals surface area contributed by atoms with E-state index in [9.17, 15) is 13.2 Å². The smallest absolute Gasteiger partial charge is 0.272 e. The lowest BCUT2D eigenvalue weighted by atomic mass is 10.1. The van der Waals surface area contributed by atoms with Crippen LogP contribution in [-0.2, 0) is 10.0 Å². The van der Waals surface area contributed by atoms with E-state index in [-0.39, 0.29) is 12.0 Å². The molecule has 8 nitrogen and oxygen atoms in total. The van der Waals surface area contributed by atoms with Crippen LogP contribution in [0.3, 0.4) is 0 Å². The van der Waals surface area contributed by atoms with Crippen molar-refractivity contribution in [3.05, 3.63) is 60.4 Å². The van der Waals surface area contributed by atoms with Crippen LogP contribution in [-0.4, -0.2) is 61.7 Å². The van der Waals surface area contributed by atoms with Crippen molar-refractivity contribution in [2.75, 3.05) is 30.7 Å². The molecule has 1 fully saturated rings. The maximum Gasteiger partial charge on any atom is 0.272 e. The van der Waals surface area contributed by atoms with E-state index in [4.69, 9.17) is 4.74 Å². The third kappa shape index (κ3) is 4.77. The highest BCUT2D eigenvalue weighted by molar-refractivity contribution is 7.92. The number of benzene rings is 1. The highest BCUT2D eigenvalue weighted by Gasteiger charge is 2.26. The molecule has 0 atom stereocenters. The molecule has 0 aliphatic carbocycles. The van der Waals surface area contributed by atoms with E-state index < -0.39 is 10.0 Å². The zero-order valence-electron chi connectivity index (χ0n) is 17.4. The second kappa shape index (κ2) is 8.50. The van der Waals surface area contributed by atoms with E-state index in [1.54, 1.807) is 23.1 Å². The van der Waals surface area contributed by atoms with Crippen molar-refractivity contribution in [3.8, 4) is 5.88 Å². The summed E-state index contributed by atoms with van der Waals surface area (Å²) in [4.78, 5) is 23.4. The van der Waals surface area contributed by atoms with Gasteiger partial charge in [0.15, 0.2) is 0 Å². The Morgan fingerprint density at radius 2 is 1.84 bits per heavy atom. The van der Waals surface area contributed by atoms with Gasteiger partial charge in [0.1, 0.15) is 11.8 Å². The summed E-state index contributed by atoms with van der Waals surface area (Å²) in [6.45, 7) is 1.15. The number of hydrogen-bond donors (Lipinski definition) is 0. The van der Waals surface area contributed by atoms with Crippen molar-refractivity contribution in [3.63, 3.8) is 0 Å². The average Bonchev–Trinajstić information content (AvgIpc) is 2.78. The summed E-state index contributed by atoms with van der Waals surface area (Å²) in [7, 11) is -1.86. The van der Waals surface area contributed by atoms with E-state index in [2.05, 4.69) is 9.97 Å². The minimum Gasteiger partial charge on any atom is -0.474 e. The highest BCUT2D eigenvalue weighted by Crippen LogP contribution is 2.22. The van der Waals surface area contributed by atoms with Crippen LogP contribution in [0.5, 0.6) is 5.88 Å². The Kier molecular flexibility index (Phi) is 5.77. The topological polar surface area (TPSA) is 92.7 Å². The van der Waals surface area contributed by atoms with Crippen molar-refractivity contribution in [1.82, 2.24) is 14.9 Å². The lowest BCUT2D eigenvalue weighted by Gasteiger charge is -2.31. The predicted octanol–water partition coefficient (Wildman–Crippen LogP) is 2.71. The van der Waals surface area contributed by atoms with Crippen LogP contribution >= 0.6 is 0 Å². The van der Waals surface area contributed by atoms with E-state index in [1.165, 1.54) is 13.2 Å². The van der Waals surface area contributed by atoms with E-state index in [1.807, 2.05) is 30.3 Å². The molecule has 9 heteroatoms. The van der Waals surface area contributed by atoms with Gasteiger partial charge in [-0.2, -0.15) is 0 Å². The summed E-state index contributed by atoms with van der Waals surface area (Å²) in [5.41, 5.74) is 1.73. The Morgan fingerprint density at radius 1 is 1.10 bits per heavy atom. The Balaban J connectivity index is 1.34. The number of pyridine rings is 2. The van der Waals surface area contributed by atoms with Crippen molar-refractivity contribution >= 4 is 32.5 Å². The molecule has 1 amide bonds. The number of rotatable bonds is 5. The molecule has 4 rings (SSSR count). The Labute approximate surface area is 181 Å². The van der Waals surface area contributed by atoms with E-state index in [0.717, 1.165) is 21.5 Å². The molecule has 0 spiro atoms. The maximum absolute atomic E-state index is 12.8. The van der Waals surface area contributed by atoms with E-state index >= 15 is 0 Å². The number of sulfonamides is 1. The van der Waals surface area contributed by atoms with Gasteiger partial charge < -0.3 is 9.64 Å². The lowest BCUT2D eigenvalue weighted by molar-refractivity contribution is 0.0583. The van der Waals surface area contributed by atoms with Gasteiger partial charge in [0.25, 0.3) is 5.91 Å². The third-order valence-electron chi connectivity index (χ3n) is 5.42. The summed E-state index contributed by atoms with van der Waals surface area (Å²) in [5.74, 6) is 0.363. The molecule has 31 heavy (non-hydrogen) atoms. The quantitative estimate of drug-likeness (QED) is 0.606. The highest BCUT2D eigenvalue weighted by atomic mass is 32.2. The minimum absolute atomic E-state index is 0.0559. The molecule has 1 aliphatic heterocycles. The molecule has 1 aromatic carbocycles. The number of para-hydroxylation sites is 1. The van der Waals surface area contributed by atoms with Crippen molar-refractivity contribution in [1.29, 1.82) is 0 Å². The number of carbonyl (C=O) groups is 1. The van der Waals surface area contributed by atoms with Gasteiger partial charge in [-0.3, -0.25) is 9.10 Å². The summed E-state index contributed by atoms with van der Waals surface area (Å²) in [6.07, 6.45) is 3.93. The second-order valence-corrected chi connectivity index (χ2v) is 9.60. The standard InChI is InChI=1S/C22H24N4O4S/c1-25(31(2,28)29)17-8-10-21(23-15-17)30-18-11-13-26(14-12-18)22(27)20-9-7-16-5-3-4-6-19(16)24-20/h3-10,15,18H,11-14H2,1-2H3. The largest absolute Gasteiger partial charge is 0.474 e. The maximum atomic E-state index is 12.8. The first kappa shape index (κ1) is 21.0. The van der Waals surface area contributed by atoms with Gasteiger partial charge in [-0.25, -0.2) is 18.4 Å². The zero-order chi connectivity index (χ0) is 22.0. The Morgan fingerprint density at radius 3 is 2.52 bits per heavy atom. The first-order valence-corrected chi connectivity index (χ1v) is 11.9. The summed E-state index contributed by atoms with van der Waals surface area (Å²) in [5, 5.41) is 1.01. The van der Waals surface area contributed by atoms with Gasteiger partial charge in [0, 0.05) is 44.4 Å². The summed E-state index contributed by atoms with van der Waals surface area (Å²) >= 11 is 0. The minimum atomic E-state index is -3.34. The number of carbonyl (C=O) groups excluding carboxylic acids is 1. The number of anilines is 1. The summed E-state index contributed by atoms with van der Waals surface area (Å²) in [6, 6.07) is 14.7. The van der Waals surface area contributed by atoms with Crippen LogP contribution in [0.4, 0.5) is 5.69 Å². The fraction of sp³-hybridized carbons (Fsp3) is 0.318. The van der Waals surface area contributed by atoms with Crippen LogP contribution in [0.25, 0.3) is 10.9 Å². The van der Waals surface area contributed by atoms with Crippen LogP contribution in [0.1, 0.15) is 23.3 Å². The van der Waals surface area contributed by atoms with Crippen LogP contribution in [0, 0.1) is 0 Å². The van der Waals surface area contributed by atoms with Crippen molar-refractivity contribution < 1.29 is 17.9 Å². The molecular formula is C22H24N4O4S. The van der Waals surface area contributed by atoms with Gasteiger partial charge >= 0.3 is 0 Å². The normalized spacial score (nSPS) is 15.1. The number of amides is 1. The number of likely N-dealkylation sites (tertiary alicyclic amines) is 1. The number of fused-ring (bicyclic) bond motifs is 1. The van der Waals surface area contributed by atoms with Crippen molar-refractivity contribution in [2.45, 2.75) is 18.9 Å². The molecule has 0 N–H and O–H groups in total. The fourth-order valence-corrected chi connectivity index (χ4v) is 4.01. The van der Waals surface area contributed by atoms with Crippen molar-refractivity contribution in [2.24, 2.45) is 0 Å².